The van der Waals surface area contributed by atoms with Gasteiger partial charge in [0.05, 0.1) is 10.0 Å². The van der Waals surface area contributed by atoms with E-state index in [4.69, 9.17) is 27.9 Å². The first-order valence-corrected chi connectivity index (χ1v) is 13.6. The molecule has 2 fully saturated rings. The van der Waals surface area contributed by atoms with Crippen molar-refractivity contribution in [2.45, 2.75) is 103 Å². The number of hydrogen-bond donors (Lipinski definition) is 1. The molecule has 34 heavy (non-hydrogen) atoms. The van der Waals surface area contributed by atoms with Crippen LogP contribution >= 0.6 is 23.2 Å². The number of nitrogens with zero attached hydrogens (tertiary/aromatic N) is 1. The Bertz CT molecular complexity index is 849. The van der Waals surface area contributed by atoms with E-state index in [1.54, 1.807) is 12.1 Å². The van der Waals surface area contributed by atoms with Gasteiger partial charge < -0.3 is 15.0 Å². The predicted octanol–water partition coefficient (Wildman–Crippen LogP) is 7.03. The lowest BCUT2D eigenvalue weighted by molar-refractivity contribution is -0.138. The molecule has 1 saturated heterocycles. The molecule has 1 N–H and O–H groups in total. The number of halogens is 2. The van der Waals surface area contributed by atoms with Gasteiger partial charge in [0.15, 0.2) is 0 Å². The summed E-state index contributed by atoms with van der Waals surface area (Å²) in [5, 5.41) is 3.74. The van der Waals surface area contributed by atoms with Crippen molar-refractivity contribution in [2.24, 2.45) is 11.8 Å². The average molecular weight is 512 g/mol. The molecule has 190 valence electrons. The minimum absolute atomic E-state index is 0.0501. The number of ether oxygens (including phenoxy) is 1. The number of hydrogen-bond acceptors (Lipinski definition) is 3. The van der Waals surface area contributed by atoms with E-state index in [9.17, 15) is 9.59 Å². The SMILES string of the molecule is CCC1CC(C2CCCCC2)CCN1C(=O)[C@@H](Cc1ccc(Cl)c(Cl)c1)NC(=O)OC(C)(C)C. The molecule has 2 amide bonds. The van der Waals surface area contributed by atoms with Gasteiger partial charge in [-0.25, -0.2) is 4.79 Å². The number of alkyl carbamates (subject to hydrolysis) is 1. The summed E-state index contributed by atoms with van der Waals surface area (Å²) < 4.78 is 5.47. The number of amides is 2. The average Bonchev–Trinajstić information content (AvgIpc) is 2.79. The molecule has 7 heteroatoms. The van der Waals surface area contributed by atoms with Gasteiger partial charge in [-0.1, -0.05) is 68.3 Å². The van der Waals surface area contributed by atoms with Crippen molar-refractivity contribution >= 4 is 35.2 Å². The van der Waals surface area contributed by atoms with Crippen molar-refractivity contribution in [1.82, 2.24) is 10.2 Å². The van der Waals surface area contributed by atoms with Crippen molar-refractivity contribution in [3.8, 4) is 0 Å². The van der Waals surface area contributed by atoms with Crippen LogP contribution in [0, 0.1) is 11.8 Å². The summed E-state index contributed by atoms with van der Waals surface area (Å²) >= 11 is 12.3. The normalized spacial score (nSPS) is 22.8. The lowest BCUT2D eigenvalue weighted by Gasteiger charge is -2.44. The van der Waals surface area contributed by atoms with Crippen LogP contribution in [0.15, 0.2) is 18.2 Å². The van der Waals surface area contributed by atoms with Gasteiger partial charge in [-0.2, -0.15) is 0 Å². The highest BCUT2D eigenvalue weighted by molar-refractivity contribution is 6.42. The molecule has 0 bridgehead atoms. The maximum absolute atomic E-state index is 13.8. The van der Waals surface area contributed by atoms with Crippen molar-refractivity contribution in [1.29, 1.82) is 0 Å². The minimum atomic E-state index is -0.729. The molecule has 1 aliphatic carbocycles. The van der Waals surface area contributed by atoms with Crippen LogP contribution in [0.1, 0.15) is 84.6 Å². The molecule has 0 spiro atoms. The quantitative estimate of drug-likeness (QED) is 0.446. The molecule has 3 atom stereocenters. The standard InChI is InChI=1S/C27H40Cl2N2O3/c1-5-21-17-20(19-9-7-6-8-10-19)13-14-31(21)25(32)24(30-26(33)34-27(2,3)4)16-18-11-12-22(28)23(29)15-18/h11-12,15,19-21,24H,5-10,13-14,16-17H2,1-4H3,(H,30,33)/t20?,21?,24-/m1/s1. The largest absolute Gasteiger partial charge is 0.444 e. The van der Waals surface area contributed by atoms with Gasteiger partial charge in [-0.3, -0.25) is 4.79 Å². The minimum Gasteiger partial charge on any atom is -0.444 e. The fourth-order valence-electron chi connectivity index (χ4n) is 5.55. The Morgan fingerprint density at radius 1 is 1.09 bits per heavy atom. The van der Waals surface area contributed by atoms with E-state index in [1.165, 1.54) is 32.1 Å². The molecular formula is C27H40Cl2N2O3. The number of nitrogens with one attached hydrogen (secondary N) is 1. The maximum Gasteiger partial charge on any atom is 0.408 e. The number of carbonyl (C=O) groups is 2. The van der Waals surface area contributed by atoms with Gasteiger partial charge in [-0.05, 0) is 69.6 Å². The summed E-state index contributed by atoms with van der Waals surface area (Å²) in [6.07, 6.45) is 9.45. The second-order valence-electron chi connectivity index (χ2n) is 10.9. The number of likely N-dealkylation sites (tertiary alicyclic amines) is 1. The summed E-state index contributed by atoms with van der Waals surface area (Å²) in [4.78, 5) is 28.4. The molecule has 2 aliphatic rings. The summed E-state index contributed by atoms with van der Waals surface area (Å²) in [6.45, 7) is 8.33. The van der Waals surface area contributed by atoms with Crippen molar-refractivity contribution in [3.63, 3.8) is 0 Å². The molecule has 3 rings (SSSR count). The highest BCUT2D eigenvalue weighted by atomic mass is 35.5. The number of rotatable bonds is 6. The zero-order chi connectivity index (χ0) is 24.9. The molecule has 1 aromatic carbocycles. The Labute approximate surface area is 214 Å². The van der Waals surface area contributed by atoms with Gasteiger partial charge in [0.25, 0.3) is 0 Å². The zero-order valence-electron chi connectivity index (χ0n) is 21.0. The van der Waals surface area contributed by atoms with Crippen LogP contribution in [-0.4, -0.2) is 41.1 Å². The van der Waals surface area contributed by atoms with E-state index in [2.05, 4.69) is 12.2 Å². The van der Waals surface area contributed by atoms with E-state index in [1.807, 2.05) is 31.7 Å². The first-order valence-electron chi connectivity index (χ1n) is 12.8. The van der Waals surface area contributed by atoms with Crippen LogP contribution in [0.3, 0.4) is 0 Å². The molecule has 1 heterocycles. The molecule has 1 saturated carbocycles. The van der Waals surface area contributed by atoms with Crippen LogP contribution in [0.4, 0.5) is 4.79 Å². The number of carbonyl (C=O) groups excluding carboxylic acids is 2. The third-order valence-corrected chi connectivity index (χ3v) is 7.98. The van der Waals surface area contributed by atoms with Crippen LogP contribution in [0.5, 0.6) is 0 Å². The fourth-order valence-corrected chi connectivity index (χ4v) is 5.87. The van der Waals surface area contributed by atoms with E-state index in [-0.39, 0.29) is 11.9 Å². The molecule has 5 nitrogen and oxygen atoms in total. The molecule has 2 unspecified atom stereocenters. The van der Waals surface area contributed by atoms with E-state index >= 15 is 0 Å². The van der Waals surface area contributed by atoms with Crippen LogP contribution in [0.25, 0.3) is 0 Å². The summed E-state index contributed by atoms with van der Waals surface area (Å²) in [6, 6.07) is 4.79. The van der Waals surface area contributed by atoms with Gasteiger partial charge in [-0.15, -0.1) is 0 Å². The summed E-state index contributed by atoms with van der Waals surface area (Å²) in [7, 11) is 0. The molecule has 1 aromatic rings. The molecule has 1 aliphatic heterocycles. The first kappa shape index (κ1) is 27.1. The molecule has 0 radical (unpaired) electrons. The van der Waals surface area contributed by atoms with E-state index < -0.39 is 17.7 Å². The van der Waals surface area contributed by atoms with Gasteiger partial charge in [0.2, 0.25) is 5.91 Å². The smallest absolute Gasteiger partial charge is 0.408 e. The third-order valence-electron chi connectivity index (χ3n) is 7.24. The predicted molar refractivity (Wildman–Crippen MR) is 138 cm³/mol. The number of benzene rings is 1. The van der Waals surface area contributed by atoms with Crippen LogP contribution in [-0.2, 0) is 16.0 Å². The van der Waals surface area contributed by atoms with Crippen molar-refractivity contribution in [2.75, 3.05) is 6.54 Å². The lowest BCUT2D eigenvalue weighted by Crippen LogP contribution is -2.56. The Kier molecular flexibility index (Phi) is 9.57. The van der Waals surface area contributed by atoms with E-state index in [0.717, 1.165) is 37.3 Å². The first-order chi connectivity index (χ1) is 16.1. The van der Waals surface area contributed by atoms with Crippen LogP contribution < -0.4 is 5.32 Å². The van der Waals surface area contributed by atoms with Gasteiger partial charge in [0.1, 0.15) is 11.6 Å². The van der Waals surface area contributed by atoms with Gasteiger partial charge in [0, 0.05) is 19.0 Å². The van der Waals surface area contributed by atoms with Crippen molar-refractivity contribution < 1.29 is 14.3 Å². The Morgan fingerprint density at radius 3 is 2.41 bits per heavy atom. The third kappa shape index (κ3) is 7.52. The van der Waals surface area contributed by atoms with E-state index in [0.29, 0.717) is 22.4 Å². The van der Waals surface area contributed by atoms with Crippen molar-refractivity contribution in [3.05, 3.63) is 33.8 Å². The summed E-state index contributed by atoms with van der Waals surface area (Å²) in [5.41, 5.74) is 0.194. The summed E-state index contributed by atoms with van der Waals surface area (Å²) in [5.74, 6) is 1.44. The zero-order valence-corrected chi connectivity index (χ0v) is 22.6. The number of piperidine rings is 1. The fraction of sp³-hybridized carbons (Fsp3) is 0.704. The Hall–Kier alpha value is -1.46. The molecule has 0 aromatic heterocycles. The van der Waals surface area contributed by atoms with Gasteiger partial charge >= 0.3 is 6.09 Å². The Morgan fingerprint density at radius 2 is 1.79 bits per heavy atom. The van der Waals surface area contributed by atoms with Crippen LogP contribution in [0.2, 0.25) is 10.0 Å². The second-order valence-corrected chi connectivity index (χ2v) is 11.7. The monoisotopic (exact) mass is 510 g/mol. The Balaban J connectivity index is 1.75. The highest BCUT2D eigenvalue weighted by Crippen LogP contribution is 2.38. The lowest BCUT2D eigenvalue weighted by atomic mass is 9.73. The maximum atomic E-state index is 13.8. The topological polar surface area (TPSA) is 58.6 Å². The molecular weight excluding hydrogens is 471 g/mol. The second kappa shape index (κ2) is 12.0. The highest BCUT2D eigenvalue weighted by Gasteiger charge is 2.37.